The van der Waals surface area contributed by atoms with Crippen LogP contribution in [0.2, 0.25) is 0 Å². The number of carbonyl (C=O) groups excluding carboxylic acids is 1. The summed E-state index contributed by atoms with van der Waals surface area (Å²) in [4.78, 5) is 35.9. The van der Waals surface area contributed by atoms with Gasteiger partial charge in [-0.25, -0.2) is 0 Å². The molecule has 1 heterocycles. The first kappa shape index (κ1) is 15.5. The molecule has 0 amide bonds. The average Bonchev–Trinajstić information content (AvgIpc) is 2.46. The van der Waals surface area contributed by atoms with Gasteiger partial charge in [0.05, 0.1) is 32.4 Å². The van der Waals surface area contributed by atoms with Crippen molar-refractivity contribution in [3.8, 4) is 0 Å². The van der Waals surface area contributed by atoms with Gasteiger partial charge in [-0.2, -0.15) is 0 Å². The maximum atomic E-state index is 11.9. The molecule has 1 aliphatic carbocycles. The summed E-state index contributed by atoms with van der Waals surface area (Å²) >= 11 is 0. The molecule has 0 aromatic heterocycles. The SMILES string of the molecule is O=C1C[C@@]2([N+](=O)[O-])CN(Cc3ccccc3)C[C@]([N+](=O)[O-])(C1)C2. The van der Waals surface area contributed by atoms with Crippen molar-refractivity contribution < 1.29 is 14.6 Å². The zero-order valence-corrected chi connectivity index (χ0v) is 12.5. The molecule has 122 valence electrons. The summed E-state index contributed by atoms with van der Waals surface area (Å²) in [5.74, 6) is -0.385. The lowest BCUT2D eigenvalue weighted by molar-refractivity contribution is -0.628. The van der Waals surface area contributed by atoms with Crippen molar-refractivity contribution in [2.45, 2.75) is 36.9 Å². The molecule has 1 saturated heterocycles. The smallest absolute Gasteiger partial charge is 0.248 e. The number of hydrogen-bond donors (Lipinski definition) is 0. The van der Waals surface area contributed by atoms with Crippen LogP contribution in [-0.2, 0) is 11.3 Å². The van der Waals surface area contributed by atoms with E-state index < -0.39 is 20.9 Å². The van der Waals surface area contributed by atoms with E-state index in [0.717, 1.165) is 5.56 Å². The highest BCUT2D eigenvalue weighted by molar-refractivity contribution is 5.82. The van der Waals surface area contributed by atoms with Crippen LogP contribution in [0, 0.1) is 20.2 Å². The van der Waals surface area contributed by atoms with Crippen LogP contribution in [0.5, 0.6) is 0 Å². The maximum Gasteiger partial charge on any atom is 0.248 e. The molecular weight excluding hydrogens is 302 g/mol. The molecule has 2 bridgehead atoms. The van der Waals surface area contributed by atoms with Crippen LogP contribution in [0.4, 0.5) is 0 Å². The molecule has 2 fully saturated rings. The zero-order chi connectivity index (χ0) is 16.7. The van der Waals surface area contributed by atoms with Crippen LogP contribution in [0.25, 0.3) is 0 Å². The van der Waals surface area contributed by atoms with Crippen LogP contribution in [0.15, 0.2) is 30.3 Å². The Morgan fingerprint density at radius 1 is 1.00 bits per heavy atom. The van der Waals surface area contributed by atoms with Crippen molar-refractivity contribution in [1.82, 2.24) is 4.90 Å². The fourth-order valence-electron chi connectivity index (χ4n) is 3.97. The highest BCUT2D eigenvalue weighted by Gasteiger charge is 2.66. The number of ketones is 1. The molecule has 23 heavy (non-hydrogen) atoms. The Morgan fingerprint density at radius 2 is 1.52 bits per heavy atom. The summed E-state index contributed by atoms with van der Waals surface area (Å²) in [7, 11) is 0. The lowest BCUT2D eigenvalue weighted by atomic mass is 9.67. The van der Waals surface area contributed by atoms with E-state index in [1.807, 2.05) is 30.3 Å². The van der Waals surface area contributed by atoms with E-state index in [4.69, 9.17) is 0 Å². The fourth-order valence-corrected chi connectivity index (χ4v) is 3.97. The van der Waals surface area contributed by atoms with Crippen LogP contribution in [-0.4, -0.2) is 44.7 Å². The minimum atomic E-state index is -1.55. The minimum absolute atomic E-state index is 0.0657. The number of Topliss-reactive ketones (excluding diaryl/α,β-unsaturated/α-hetero) is 1. The third-order valence-corrected chi connectivity index (χ3v) is 4.77. The maximum absolute atomic E-state index is 11.9. The van der Waals surface area contributed by atoms with Crippen molar-refractivity contribution in [2.75, 3.05) is 13.1 Å². The normalized spacial score (nSPS) is 30.9. The molecule has 1 aromatic rings. The molecule has 2 atom stereocenters. The Bertz CT molecular complexity index is 630. The van der Waals surface area contributed by atoms with Gasteiger partial charge in [0.25, 0.3) is 0 Å². The van der Waals surface area contributed by atoms with E-state index in [-0.39, 0.29) is 38.1 Å². The summed E-state index contributed by atoms with van der Waals surface area (Å²) in [5.41, 5.74) is -2.15. The highest BCUT2D eigenvalue weighted by Crippen LogP contribution is 2.43. The molecular formula is C15H17N3O5. The van der Waals surface area contributed by atoms with E-state index in [2.05, 4.69) is 0 Å². The highest BCUT2D eigenvalue weighted by atomic mass is 16.6. The van der Waals surface area contributed by atoms with Gasteiger partial charge < -0.3 is 0 Å². The first-order chi connectivity index (χ1) is 10.9. The van der Waals surface area contributed by atoms with Crippen LogP contribution >= 0.6 is 0 Å². The Hall–Kier alpha value is -2.35. The lowest BCUT2D eigenvalue weighted by Crippen LogP contribution is -2.68. The van der Waals surface area contributed by atoms with Gasteiger partial charge in [0.15, 0.2) is 0 Å². The predicted octanol–water partition coefficient (Wildman–Crippen LogP) is 1.29. The Labute approximate surface area is 132 Å². The number of likely N-dealkylation sites (tertiary alicyclic amines) is 1. The molecule has 0 unspecified atom stereocenters. The lowest BCUT2D eigenvalue weighted by Gasteiger charge is -2.45. The number of rotatable bonds is 4. The van der Waals surface area contributed by atoms with E-state index in [1.54, 1.807) is 4.90 Å². The topological polar surface area (TPSA) is 107 Å². The summed E-state index contributed by atoms with van der Waals surface area (Å²) in [6.45, 7) is 0.534. The summed E-state index contributed by atoms with van der Waals surface area (Å²) in [5, 5.41) is 23.2. The second kappa shape index (κ2) is 5.38. The van der Waals surface area contributed by atoms with Crippen LogP contribution in [0.1, 0.15) is 24.8 Å². The number of nitro groups is 2. The number of benzene rings is 1. The molecule has 8 heteroatoms. The standard InChI is InChI=1S/C15H17N3O5/c19-13-6-14(17(20)21)9-15(7-13,18(22)23)11-16(10-14)8-12-4-2-1-3-5-12/h1-5H,6-11H2/t14-,15-/m0/s1. The molecule has 1 saturated carbocycles. The first-order valence-corrected chi connectivity index (χ1v) is 7.42. The van der Waals surface area contributed by atoms with Gasteiger partial charge >= 0.3 is 0 Å². The third-order valence-electron chi connectivity index (χ3n) is 4.77. The molecule has 1 aliphatic heterocycles. The Kier molecular flexibility index (Phi) is 3.63. The van der Waals surface area contributed by atoms with Gasteiger partial charge in [0.1, 0.15) is 5.78 Å². The summed E-state index contributed by atoms with van der Waals surface area (Å²) < 4.78 is 0. The molecule has 2 aliphatic rings. The molecule has 1 aromatic carbocycles. The predicted molar refractivity (Wildman–Crippen MR) is 80.0 cm³/mol. The molecule has 3 rings (SSSR count). The Balaban J connectivity index is 1.94. The quantitative estimate of drug-likeness (QED) is 0.611. The van der Waals surface area contributed by atoms with Gasteiger partial charge in [0.2, 0.25) is 11.1 Å². The second-order valence-corrected chi connectivity index (χ2v) is 6.66. The van der Waals surface area contributed by atoms with E-state index in [0.29, 0.717) is 6.54 Å². The molecule has 8 nitrogen and oxygen atoms in total. The van der Waals surface area contributed by atoms with Crippen molar-refractivity contribution >= 4 is 5.78 Å². The summed E-state index contributed by atoms with van der Waals surface area (Å²) in [6, 6.07) is 9.34. The fraction of sp³-hybridized carbons (Fsp3) is 0.533. The van der Waals surface area contributed by atoms with Gasteiger partial charge in [0, 0.05) is 16.4 Å². The van der Waals surface area contributed by atoms with Crippen molar-refractivity contribution in [3.05, 3.63) is 56.1 Å². The zero-order valence-electron chi connectivity index (χ0n) is 12.5. The number of nitrogens with zero attached hydrogens (tertiary/aromatic N) is 3. The van der Waals surface area contributed by atoms with Crippen molar-refractivity contribution in [2.24, 2.45) is 0 Å². The van der Waals surface area contributed by atoms with E-state index in [1.165, 1.54) is 0 Å². The molecule has 0 radical (unpaired) electrons. The van der Waals surface area contributed by atoms with Gasteiger partial charge in [-0.05, 0) is 5.56 Å². The first-order valence-electron chi connectivity index (χ1n) is 7.42. The van der Waals surface area contributed by atoms with Crippen molar-refractivity contribution in [3.63, 3.8) is 0 Å². The summed E-state index contributed by atoms with van der Waals surface area (Å²) in [6.07, 6.45) is -0.612. The number of piperidine rings is 1. The Morgan fingerprint density at radius 3 is 2.00 bits per heavy atom. The largest absolute Gasteiger partial charge is 0.299 e. The van der Waals surface area contributed by atoms with Gasteiger partial charge in [-0.1, -0.05) is 30.3 Å². The van der Waals surface area contributed by atoms with Gasteiger partial charge in [-0.3, -0.25) is 29.9 Å². The van der Waals surface area contributed by atoms with E-state index >= 15 is 0 Å². The molecule has 0 spiro atoms. The van der Waals surface area contributed by atoms with Crippen LogP contribution in [0.3, 0.4) is 0 Å². The monoisotopic (exact) mass is 319 g/mol. The van der Waals surface area contributed by atoms with Crippen LogP contribution < -0.4 is 0 Å². The number of fused-ring (bicyclic) bond motifs is 2. The second-order valence-electron chi connectivity index (χ2n) is 6.66. The average molecular weight is 319 g/mol. The molecule has 0 N–H and O–H groups in total. The third kappa shape index (κ3) is 2.70. The number of carbonyl (C=O) groups is 1. The van der Waals surface area contributed by atoms with Crippen molar-refractivity contribution in [1.29, 1.82) is 0 Å². The minimum Gasteiger partial charge on any atom is -0.299 e. The van der Waals surface area contributed by atoms with Gasteiger partial charge in [-0.15, -0.1) is 0 Å². The number of hydrogen-bond acceptors (Lipinski definition) is 6. The van der Waals surface area contributed by atoms with E-state index in [9.17, 15) is 25.0 Å².